The van der Waals surface area contributed by atoms with Gasteiger partial charge in [0, 0.05) is 44.6 Å². The van der Waals surface area contributed by atoms with Crippen molar-refractivity contribution in [1.82, 2.24) is 9.62 Å². The van der Waals surface area contributed by atoms with Crippen LogP contribution < -0.4 is 5.32 Å². The number of Topliss-reactive ketones (excluding diaryl/α,β-unsaturated/α-hetero) is 1. The molecule has 10 heteroatoms. The molecular weight excluding hydrogens is 442 g/mol. The molecule has 0 saturated carbocycles. The van der Waals surface area contributed by atoms with Gasteiger partial charge in [-0.05, 0) is 17.7 Å². The molecule has 2 aromatic carbocycles. The van der Waals surface area contributed by atoms with Crippen molar-refractivity contribution in [2.45, 2.75) is 17.7 Å². The van der Waals surface area contributed by atoms with E-state index in [1.165, 1.54) is 34.6 Å². The summed E-state index contributed by atoms with van der Waals surface area (Å²) in [6.45, 7) is 1.48. The van der Waals surface area contributed by atoms with Gasteiger partial charge in [-0.15, -0.1) is 0 Å². The maximum atomic E-state index is 13.6. The third-order valence-corrected chi connectivity index (χ3v) is 7.47. The van der Waals surface area contributed by atoms with Crippen LogP contribution in [0.25, 0.3) is 0 Å². The predicted octanol–water partition coefficient (Wildman–Crippen LogP) is 2.79. The molecule has 6 nitrogen and oxygen atoms in total. The van der Waals surface area contributed by atoms with Crippen LogP contribution in [0.4, 0.5) is 4.39 Å². The van der Waals surface area contributed by atoms with Gasteiger partial charge in [0.05, 0.1) is 10.0 Å². The topological polar surface area (TPSA) is 86.7 Å². The van der Waals surface area contributed by atoms with Crippen LogP contribution in [0.2, 0.25) is 10.0 Å². The lowest BCUT2D eigenvalue weighted by molar-refractivity contribution is -0.117. The number of rotatable bonds is 6. The number of benzene rings is 2. The summed E-state index contributed by atoms with van der Waals surface area (Å²) in [6.07, 6.45) is -0.404. The summed E-state index contributed by atoms with van der Waals surface area (Å²) in [4.78, 5) is 12.0. The quantitative estimate of drug-likeness (QED) is 0.691. The fraction of sp³-hybridized carbons (Fsp3) is 0.316. The lowest BCUT2D eigenvalue weighted by Gasteiger charge is -2.27. The van der Waals surface area contributed by atoms with Crippen molar-refractivity contribution in [3.05, 3.63) is 57.3 Å². The first kappa shape index (κ1) is 22.0. The summed E-state index contributed by atoms with van der Waals surface area (Å²) in [5.74, 6) is -1.54. The highest BCUT2D eigenvalue weighted by Gasteiger charge is 2.32. The highest BCUT2D eigenvalue weighted by atomic mass is 35.5. The Morgan fingerprint density at radius 1 is 1.10 bits per heavy atom. The summed E-state index contributed by atoms with van der Waals surface area (Å²) in [5.41, 5.74) is 0.444. The maximum absolute atomic E-state index is 13.6. The van der Waals surface area contributed by atoms with E-state index in [9.17, 15) is 22.7 Å². The zero-order valence-corrected chi connectivity index (χ0v) is 17.6. The van der Waals surface area contributed by atoms with Crippen molar-refractivity contribution < 1.29 is 22.7 Å². The van der Waals surface area contributed by atoms with Crippen LogP contribution in [0.1, 0.15) is 11.1 Å². The van der Waals surface area contributed by atoms with E-state index in [-0.39, 0.29) is 47.3 Å². The number of nitrogens with one attached hydrogen (secondary N) is 1. The van der Waals surface area contributed by atoms with Crippen LogP contribution in [-0.4, -0.2) is 49.8 Å². The Labute approximate surface area is 178 Å². The summed E-state index contributed by atoms with van der Waals surface area (Å²) >= 11 is 12.0. The Balaban J connectivity index is 1.87. The average Bonchev–Trinajstić information content (AvgIpc) is 2.68. The summed E-state index contributed by atoms with van der Waals surface area (Å²) in [7, 11) is -4.02. The molecule has 1 saturated heterocycles. The molecule has 0 amide bonds. The van der Waals surface area contributed by atoms with E-state index < -0.39 is 26.5 Å². The van der Waals surface area contributed by atoms with E-state index in [0.717, 1.165) is 0 Å². The van der Waals surface area contributed by atoms with Gasteiger partial charge >= 0.3 is 0 Å². The molecular formula is C19H19Cl2FN2O4S. The molecule has 0 atom stereocenters. The number of phenols is 1. The van der Waals surface area contributed by atoms with Crippen molar-refractivity contribution in [1.29, 1.82) is 0 Å². The van der Waals surface area contributed by atoms with Crippen LogP contribution in [0.5, 0.6) is 5.75 Å². The van der Waals surface area contributed by atoms with Crippen molar-refractivity contribution in [3.63, 3.8) is 0 Å². The Morgan fingerprint density at radius 2 is 1.76 bits per heavy atom. The van der Waals surface area contributed by atoms with Crippen molar-refractivity contribution in [2.24, 2.45) is 0 Å². The summed E-state index contributed by atoms with van der Waals surface area (Å²) in [6, 6.07) is 6.91. The molecule has 1 heterocycles. The van der Waals surface area contributed by atoms with E-state index in [1.54, 1.807) is 0 Å². The lowest BCUT2D eigenvalue weighted by Crippen LogP contribution is -2.46. The Morgan fingerprint density at radius 3 is 2.45 bits per heavy atom. The fourth-order valence-corrected chi connectivity index (χ4v) is 5.41. The molecule has 1 fully saturated rings. The summed E-state index contributed by atoms with van der Waals surface area (Å²) in [5, 5.41) is 13.4. The second kappa shape index (κ2) is 8.97. The number of carbonyl (C=O) groups is 1. The first-order chi connectivity index (χ1) is 13.7. The zero-order chi connectivity index (χ0) is 21.2. The largest absolute Gasteiger partial charge is 0.506 e. The zero-order valence-electron chi connectivity index (χ0n) is 15.3. The number of halogens is 3. The Bertz CT molecular complexity index is 1040. The molecule has 0 spiro atoms. The van der Waals surface area contributed by atoms with E-state index in [2.05, 4.69) is 5.32 Å². The Kier molecular flexibility index (Phi) is 6.80. The second-order valence-electron chi connectivity index (χ2n) is 6.64. The molecule has 0 unspecified atom stereocenters. The molecule has 0 aliphatic carbocycles. The average molecular weight is 461 g/mol. The van der Waals surface area contributed by atoms with Crippen LogP contribution in [0.15, 0.2) is 35.2 Å². The third kappa shape index (κ3) is 4.73. The number of ketones is 1. The van der Waals surface area contributed by atoms with Gasteiger partial charge in [-0.3, -0.25) is 4.79 Å². The van der Waals surface area contributed by atoms with Crippen LogP contribution in [-0.2, 0) is 27.7 Å². The van der Waals surface area contributed by atoms with Crippen LogP contribution in [0, 0.1) is 5.82 Å². The highest BCUT2D eigenvalue weighted by Crippen LogP contribution is 2.36. The minimum Gasteiger partial charge on any atom is -0.506 e. The number of nitrogens with zero attached hydrogens (tertiary/aromatic N) is 1. The highest BCUT2D eigenvalue weighted by molar-refractivity contribution is 7.89. The SMILES string of the molecule is O=C(Cc1ccc(Cl)c(S(=O)(=O)N2CCNCC2)c1O)Cc1cccc(F)c1Cl. The predicted molar refractivity (Wildman–Crippen MR) is 109 cm³/mol. The van der Waals surface area contributed by atoms with Gasteiger partial charge in [-0.25, -0.2) is 12.8 Å². The third-order valence-electron chi connectivity index (χ3n) is 4.65. The molecule has 3 rings (SSSR count). The second-order valence-corrected chi connectivity index (χ2v) is 9.30. The van der Waals surface area contributed by atoms with E-state index in [1.807, 2.05) is 0 Å². The van der Waals surface area contributed by atoms with E-state index in [0.29, 0.717) is 18.7 Å². The molecule has 2 aromatic rings. The van der Waals surface area contributed by atoms with Crippen LogP contribution in [0.3, 0.4) is 0 Å². The minimum absolute atomic E-state index is 0.120. The molecule has 0 aromatic heterocycles. The standard InChI is InChI=1S/C19H19Cl2FN2O4S/c20-15-5-4-13(11-14(25)10-12-2-1-3-16(22)17(12)21)18(26)19(15)29(27,28)24-8-6-23-7-9-24/h1-5,23,26H,6-11H2. The van der Waals surface area contributed by atoms with Gasteiger partial charge in [-0.1, -0.05) is 41.4 Å². The van der Waals surface area contributed by atoms with Gasteiger partial charge in [0.1, 0.15) is 22.2 Å². The lowest BCUT2D eigenvalue weighted by atomic mass is 10.0. The number of sulfonamides is 1. The van der Waals surface area contributed by atoms with Crippen LogP contribution >= 0.6 is 23.2 Å². The number of hydrogen-bond donors (Lipinski definition) is 2. The van der Waals surface area contributed by atoms with Gasteiger partial charge in [0.25, 0.3) is 0 Å². The van der Waals surface area contributed by atoms with Gasteiger partial charge in [-0.2, -0.15) is 4.31 Å². The van der Waals surface area contributed by atoms with Crippen molar-refractivity contribution in [2.75, 3.05) is 26.2 Å². The number of piperazine rings is 1. The Hall–Kier alpha value is -1.71. The molecule has 0 radical (unpaired) electrons. The van der Waals surface area contributed by atoms with Crippen molar-refractivity contribution >= 4 is 39.0 Å². The molecule has 1 aliphatic heterocycles. The first-order valence-electron chi connectivity index (χ1n) is 8.87. The van der Waals surface area contributed by atoms with Crippen molar-refractivity contribution in [3.8, 4) is 5.75 Å². The van der Waals surface area contributed by atoms with E-state index in [4.69, 9.17) is 23.2 Å². The normalized spacial score (nSPS) is 15.4. The molecule has 156 valence electrons. The van der Waals surface area contributed by atoms with E-state index >= 15 is 0 Å². The number of hydrogen-bond acceptors (Lipinski definition) is 5. The fourth-order valence-electron chi connectivity index (χ4n) is 3.16. The smallest absolute Gasteiger partial charge is 0.248 e. The molecule has 29 heavy (non-hydrogen) atoms. The van der Waals surface area contributed by atoms with Gasteiger partial charge in [0.2, 0.25) is 10.0 Å². The molecule has 0 bridgehead atoms. The summed E-state index contributed by atoms with van der Waals surface area (Å²) < 4.78 is 40.7. The maximum Gasteiger partial charge on any atom is 0.248 e. The molecule has 2 N–H and O–H groups in total. The minimum atomic E-state index is -4.02. The number of phenolic OH excluding ortho intramolecular Hbond substituents is 1. The number of aromatic hydroxyl groups is 1. The first-order valence-corrected chi connectivity index (χ1v) is 11.1. The molecule has 1 aliphatic rings. The number of carbonyl (C=O) groups excluding carboxylic acids is 1. The monoisotopic (exact) mass is 460 g/mol. The van der Waals surface area contributed by atoms with Gasteiger partial charge in [0.15, 0.2) is 0 Å². The van der Waals surface area contributed by atoms with Gasteiger partial charge < -0.3 is 10.4 Å².